The van der Waals surface area contributed by atoms with Crippen LogP contribution in [0.1, 0.15) is 45.4 Å². The summed E-state index contributed by atoms with van der Waals surface area (Å²) in [6, 6.07) is -1.11. The third-order valence-corrected chi connectivity index (χ3v) is 3.65. The first kappa shape index (κ1) is 16.3. The first-order valence-electron chi connectivity index (χ1n) is 6.88. The predicted octanol–water partition coefficient (Wildman–Crippen LogP) is 1.84. The number of esters is 1. The summed E-state index contributed by atoms with van der Waals surface area (Å²) >= 11 is 0. The number of rotatable bonds is 6. The number of carbonyl (C=O) groups is 1. The Bertz CT molecular complexity index is 294. The zero-order valence-electron chi connectivity index (χ0n) is 11.3. The summed E-state index contributed by atoms with van der Waals surface area (Å²) in [5.74, 6) is -5.39. The van der Waals surface area contributed by atoms with Crippen molar-refractivity contribution in [2.24, 2.45) is 11.7 Å². The van der Waals surface area contributed by atoms with Crippen molar-refractivity contribution in [1.82, 2.24) is 0 Å². The van der Waals surface area contributed by atoms with Gasteiger partial charge in [-0.25, -0.2) is 4.79 Å². The summed E-state index contributed by atoms with van der Waals surface area (Å²) in [6.45, 7) is 1.28. The molecule has 1 saturated carbocycles. The van der Waals surface area contributed by atoms with Crippen LogP contribution >= 0.6 is 0 Å². The van der Waals surface area contributed by atoms with E-state index in [1.54, 1.807) is 0 Å². The second kappa shape index (κ2) is 7.14. The lowest BCUT2D eigenvalue weighted by atomic mass is 9.83. The maximum atomic E-state index is 13.6. The van der Waals surface area contributed by atoms with E-state index in [2.05, 4.69) is 4.74 Å². The SMILES string of the molecule is CCOC(=O)C(F)(F)C(O)C(N)CC1CCCCC1. The number of ether oxygens (including phenoxy) is 1. The fourth-order valence-electron chi connectivity index (χ4n) is 2.55. The lowest BCUT2D eigenvalue weighted by Crippen LogP contribution is -2.52. The molecule has 1 aliphatic carbocycles. The van der Waals surface area contributed by atoms with Crippen LogP contribution in [0.5, 0.6) is 0 Å². The summed E-state index contributed by atoms with van der Waals surface area (Å²) in [5, 5.41) is 9.60. The van der Waals surface area contributed by atoms with Gasteiger partial charge in [0.15, 0.2) is 0 Å². The van der Waals surface area contributed by atoms with Crippen molar-refractivity contribution in [3.05, 3.63) is 0 Å². The van der Waals surface area contributed by atoms with Gasteiger partial charge in [-0.2, -0.15) is 8.78 Å². The second-order valence-electron chi connectivity index (χ2n) is 5.19. The smallest absolute Gasteiger partial charge is 0.379 e. The first-order chi connectivity index (χ1) is 8.89. The molecule has 4 nitrogen and oxygen atoms in total. The molecule has 19 heavy (non-hydrogen) atoms. The van der Waals surface area contributed by atoms with E-state index < -0.39 is 24.0 Å². The molecule has 0 aromatic rings. The molecule has 2 atom stereocenters. The minimum absolute atomic E-state index is 0.154. The Balaban J connectivity index is 2.54. The van der Waals surface area contributed by atoms with Gasteiger partial charge in [-0.15, -0.1) is 0 Å². The Morgan fingerprint density at radius 1 is 1.42 bits per heavy atom. The van der Waals surface area contributed by atoms with Crippen molar-refractivity contribution in [2.45, 2.75) is 63.5 Å². The van der Waals surface area contributed by atoms with Crippen LogP contribution in [0.3, 0.4) is 0 Å². The van der Waals surface area contributed by atoms with E-state index in [-0.39, 0.29) is 12.5 Å². The fourth-order valence-corrected chi connectivity index (χ4v) is 2.55. The summed E-state index contributed by atoms with van der Waals surface area (Å²) in [5.41, 5.74) is 5.63. The van der Waals surface area contributed by atoms with Crippen molar-refractivity contribution >= 4 is 5.97 Å². The molecule has 0 aromatic carbocycles. The van der Waals surface area contributed by atoms with Crippen molar-refractivity contribution in [3.8, 4) is 0 Å². The minimum atomic E-state index is -3.94. The molecule has 1 rings (SSSR count). The number of hydrogen-bond donors (Lipinski definition) is 2. The minimum Gasteiger partial charge on any atom is -0.461 e. The highest BCUT2D eigenvalue weighted by Gasteiger charge is 2.50. The number of alkyl halides is 2. The molecule has 1 aliphatic rings. The van der Waals surface area contributed by atoms with Crippen molar-refractivity contribution < 1.29 is 23.4 Å². The zero-order valence-corrected chi connectivity index (χ0v) is 11.3. The van der Waals surface area contributed by atoms with Gasteiger partial charge < -0.3 is 15.6 Å². The summed E-state index contributed by atoms with van der Waals surface area (Å²) in [4.78, 5) is 11.1. The van der Waals surface area contributed by atoms with Gasteiger partial charge in [-0.3, -0.25) is 0 Å². The number of aliphatic hydroxyl groups excluding tert-OH is 1. The van der Waals surface area contributed by atoms with Crippen molar-refractivity contribution in [3.63, 3.8) is 0 Å². The highest BCUT2D eigenvalue weighted by atomic mass is 19.3. The number of aliphatic hydroxyl groups is 1. The van der Waals surface area contributed by atoms with Crippen LogP contribution in [0.2, 0.25) is 0 Å². The fraction of sp³-hybridized carbons (Fsp3) is 0.923. The number of nitrogens with two attached hydrogens (primary N) is 1. The average molecular weight is 279 g/mol. The molecule has 2 unspecified atom stereocenters. The van der Waals surface area contributed by atoms with Gasteiger partial charge in [0.25, 0.3) is 0 Å². The Kier molecular flexibility index (Phi) is 6.13. The molecule has 0 radical (unpaired) electrons. The van der Waals surface area contributed by atoms with E-state index in [4.69, 9.17) is 5.73 Å². The van der Waals surface area contributed by atoms with Crippen molar-refractivity contribution in [2.75, 3.05) is 6.61 Å². The quantitative estimate of drug-likeness (QED) is 0.728. The molecule has 1 fully saturated rings. The van der Waals surface area contributed by atoms with Gasteiger partial charge in [-0.05, 0) is 19.3 Å². The molecule has 0 aromatic heterocycles. The van der Waals surface area contributed by atoms with Gasteiger partial charge in [0, 0.05) is 6.04 Å². The topological polar surface area (TPSA) is 72.5 Å². The van der Waals surface area contributed by atoms with Gasteiger partial charge in [0.2, 0.25) is 0 Å². The third-order valence-electron chi connectivity index (χ3n) is 3.65. The molecule has 0 saturated heterocycles. The number of hydrogen-bond acceptors (Lipinski definition) is 4. The summed E-state index contributed by atoms with van der Waals surface area (Å²) < 4.78 is 31.5. The standard InChI is InChI=1S/C13H23F2NO3/c1-2-19-12(18)13(14,15)11(17)10(16)8-9-6-4-3-5-7-9/h9-11,17H,2-8,16H2,1H3. The molecule has 0 spiro atoms. The van der Waals surface area contributed by atoms with Gasteiger partial charge in [-0.1, -0.05) is 32.1 Å². The highest BCUT2D eigenvalue weighted by molar-refractivity contribution is 5.78. The highest BCUT2D eigenvalue weighted by Crippen LogP contribution is 2.30. The largest absolute Gasteiger partial charge is 0.461 e. The molecule has 3 N–H and O–H groups in total. The van der Waals surface area contributed by atoms with Crippen molar-refractivity contribution in [1.29, 1.82) is 0 Å². The van der Waals surface area contributed by atoms with Crippen LogP contribution < -0.4 is 5.73 Å². The lowest BCUT2D eigenvalue weighted by molar-refractivity contribution is -0.190. The average Bonchev–Trinajstić information content (AvgIpc) is 2.39. The van der Waals surface area contributed by atoms with E-state index in [9.17, 15) is 18.7 Å². The monoisotopic (exact) mass is 279 g/mol. The zero-order chi connectivity index (χ0) is 14.5. The second-order valence-corrected chi connectivity index (χ2v) is 5.19. The number of halogens is 2. The van der Waals surface area contributed by atoms with Gasteiger partial charge >= 0.3 is 11.9 Å². The first-order valence-corrected chi connectivity index (χ1v) is 6.88. The summed E-state index contributed by atoms with van der Waals surface area (Å²) in [6.07, 6.45) is 3.33. The Morgan fingerprint density at radius 2 is 2.00 bits per heavy atom. The molecular formula is C13H23F2NO3. The molecule has 0 aliphatic heterocycles. The Labute approximate surface area is 112 Å². The van der Waals surface area contributed by atoms with Gasteiger partial charge in [0.1, 0.15) is 6.10 Å². The summed E-state index contributed by atoms with van der Waals surface area (Å²) in [7, 11) is 0. The van der Waals surface area contributed by atoms with Crippen LogP contribution in [-0.4, -0.2) is 35.8 Å². The Morgan fingerprint density at radius 3 is 2.53 bits per heavy atom. The molecular weight excluding hydrogens is 256 g/mol. The lowest BCUT2D eigenvalue weighted by Gasteiger charge is -2.29. The van der Waals surface area contributed by atoms with E-state index in [1.165, 1.54) is 6.92 Å². The van der Waals surface area contributed by atoms with Crippen LogP contribution in [-0.2, 0) is 9.53 Å². The third kappa shape index (κ3) is 4.38. The molecule has 0 heterocycles. The molecule has 0 bridgehead atoms. The molecule has 0 amide bonds. The van der Waals surface area contributed by atoms with Crippen LogP contribution in [0.4, 0.5) is 8.78 Å². The maximum absolute atomic E-state index is 13.6. The van der Waals surface area contributed by atoms with E-state index in [0.717, 1.165) is 32.1 Å². The maximum Gasteiger partial charge on any atom is 0.379 e. The Hall–Kier alpha value is -0.750. The van der Waals surface area contributed by atoms with Crippen LogP contribution in [0.15, 0.2) is 0 Å². The molecule has 112 valence electrons. The predicted molar refractivity (Wildman–Crippen MR) is 66.8 cm³/mol. The molecule has 6 heteroatoms. The van der Waals surface area contributed by atoms with E-state index in [0.29, 0.717) is 6.42 Å². The number of carbonyl (C=O) groups excluding carboxylic acids is 1. The van der Waals surface area contributed by atoms with E-state index in [1.807, 2.05) is 0 Å². The normalized spacial score (nSPS) is 20.9. The van der Waals surface area contributed by atoms with Crippen LogP contribution in [0.25, 0.3) is 0 Å². The van der Waals surface area contributed by atoms with E-state index >= 15 is 0 Å². The van der Waals surface area contributed by atoms with Crippen LogP contribution in [0, 0.1) is 5.92 Å². The van der Waals surface area contributed by atoms with Gasteiger partial charge in [0.05, 0.1) is 6.61 Å².